The minimum absolute atomic E-state index is 0.130. The largest absolute Gasteiger partial charge is 0.448 e. The van der Waals surface area contributed by atoms with Gasteiger partial charge in [0.15, 0.2) is 11.6 Å². The summed E-state index contributed by atoms with van der Waals surface area (Å²) in [6.07, 6.45) is 6.98. The van der Waals surface area contributed by atoms with Crippen LogP contribution in [0.15, 0.2) is 10.7 Å². The predicted octanol–water partition coefficient (Wildman–Crippen LogP) is 2.06. The van der Waals surface area contributed by atoms with Gasteiger partial charge in [0.25, 0.3) is 5.91 Å². The SMILES string of the molecule is CCCCCNC(=O)c1coc(C2CCCNC2)n1. The third kappa shape index (κ3) is 4.06. The molecule has 0 bridgehead atoms. The highest BCUT2D eigenvalue weighted by molar-refractivity contribution is 5.91. The van der Waals surface area contributed by atoms with Crippen molar-refractivity contribution in [3.63, 3.8) is 0 Å². The van der Waals surface area contributed by atoms with E-state index in [1.54, 1.807) is 0 Å². The number of rotatable bonds is 6. The fraction of sp³-hybridized carbons (Fsp3) is 0.714. The summed E-state index contributed by atoms with van der Waals surface area (Å²) in [4.78, 5) is 16.2. The summed E-state index contributed by atoms with van der Waals surface area (Å²) in [7, 11) is 0. The molecule has 1 atom stereocenters. The fourth-order valence-electron chi connectivity index (χ4n) is 2.31. The summed E-state index contributed by atoms with van der Waals surface area (Å²) >= 11 is 0. The molecule has 2 N–H and O–H groups in total. The predicted molar refractivity (Wildman–Crippen MR) is 73.2 cm³/mol. The number of oxazole rings is 1. The lowest BCUT2D eigenvalue weighted by molar-refractivity contribution is 0.0948. The second-order valence-electron chi connectivity index (χ2n) is 5.08. The fourth-order valence-corrected chi connectivity index (χ4v) is 2.31. The first-order chi connectivity index (χ1) is 9.31. The van der Waals surface area contributed by atoms with E-state index in [9.17, 15) is 4.79 Å². The molecule has 2 rings (SSSR count). The first kappa shape index (κ1) is 14.1. The van der Waals surface area contributed by atoms with Crippen molar-refractivity contribution in [3.05, 3.63) is 17.8 Å². The number of carbonyl (C=O) groups is 1. The minimum atomic E-state index is -0.130. The van der Waals surface area contributed by atoms with E-state index < -0.39 is 0 Å². The number of hydrogen-bond acceptors (Lipinski definition) is 4. The Morgan fingerprint density at radius 3 is 3.21 bits per heavy atom. The molecule has 5 heteroatoms. The number of amides is 1. The summed E-state index contributed by atoms with van der Waals surface area (Å²) in [5, 5.41) is 6.19. The first-order valence-corrected chi connectivity index (χ1v) is 7.25. The Hall–Kier alpha value is -1.36. The molecule has 2 heterocycles. The van der Waals surface area contributed by atoms with Gasteiger partial charge in [-0.25, -0.2) is 4.98 Å². The zero-order valence-electron chi connectivity index (χ0n) is 11.6. The molecule has 1 aromatic rings. The standard InChI is InChI=1S/C14H23N3O2/c1-2-3-4-8-16-13(18)12-10-19-14(17-12)11-6-5-7-15-9-11/h10-11,15H,2-9H2,1H3,(H,16,18). The first-order valence-electron chi connectivity index (χ1n) is 7.25. The summed E-state index contributed by atoms with van der Waals surface area (Å²) in [5.41, 5.74) is 0.400. The van der Waals surface area contributed by atoms with Gasteiger partial charge in [0, 0.05) is 19.0 Å². The highest BCUT2D eigenvalue weighted by Crippen LogP contribution is 2.22. The van der Waals surface area contributed by atoms with Gasteiger partial charge in [-0.3, -0.25) is 4.79 Å². The molecular formula is C14H23N3O2. The Morgan fingerprint density at radius 1 is 1.58 bits per heavy atom. The van der Waals surface area contributed by atoms with Crippen LogP contribution in [0.25, 0.3) is 0 Å². The van der Waals surface area contributed by atoms with Crippen LogP contribution in [0.4, 0.5) is 0 Å². The van der Waals surface area contributed by atoms with E-state index in [1.165, 1.54) is 6.26 Å². The molecule has 0 aliphatic carbocycles. The zero-order chi connectivity index (χ0) is 13.5. The second kappa shape index (κ2) is 7.28. The van der Waals surface area contributed by atoms with Crippen molar-refractivity contribution in [1.29, 1.82) is 0 Å². The van der Waals surface area contributed by atoms with Gasteiger partial charge in [0.05, 0.1) is 0 Å². The highest BCUT2D eigenvalue weighted by atomic mass is 16.3. The van der Waals surface area contributed by atoms with Crippen LogP contribution in [0.2, 0.25) is 0 Å². The number of aromatic nitrogens is 1. The minimum Gasteiger partial charge on any atom is -0.448 e. The van der Waals surface area contributed by atoms with Crippen LogP contribution in [0.3, 0.4) is 0 Å². The van der Waals surface area contributed by atoms with E-state index in [0.717, 1.165) is 45.2 Å². The van der Waals surface area contributed by atoms with Gasteiger partial charge >= 0.3 is 0 Å². The number of piperidine rings is 1. The summed E-state index contributed by atoms with van der Waals surface area (Å²) in [6.45, 7) is 4.80. The molecule has 1 aliphatic heterocycles. The molecule has 1 fully saturated rings. The maximum Gasteiger partial charge on any atom is 0.273 e. The van der Waals surface area contributed by atoms with Crippen molar-refractivity contribution >= 4 is 5.91 Å². The molecule has 0 aromatic carbocycles. The molecule has 1 unspecified atom stereocenters. The highest BCUT2D eigenvalue weighted by Gasteiger charge is 2.21. The van der Waals surface area contributed by atoms with Gasteiger partial charge < -0.3 is 15.1 Å². The van der Waals surface area contributed by atoms with Crippen LogP contribution >= 0.6 is 0 Å². The third-order valence-corrected chi connectivity index (χ3v) is 3.47. The summed E-state index contributed by atoms with van der Waals surface area (Å²) in [5.74, 6) is 0.858. The van der Waals surface area contributed by atoms with Crippen molar-refractivity contribution in [2.24, 2.45) is 0 Å². The Kier molecular flexibility index (Phi) is 5.39. The lowest BCUT2D eigenvalue weighted by Gasteiger charge is -2.19. The smallest absolute Gasteiger partial charge is 0.273 e. The van der Waals surface area contributed by atoms with Crippen molar-refractivity contribution in [3.8, 4) is 0 Å². The van der Waals surface area contributed by atoms with Crippen LogP contribution < -0.4 is 10.6 Å². The maximum absolute atomic E-state index is 11.9. The van der Waals surface area contributed by atoms with E-state index in [1.807, 2.05) is 0 Å². The number of carbonyl (C=O) groups excluding carboxylic acids is 1. The van der Waals surface area contributed by atoms with Gasteiger partial charge in [0.2, 0.25) is 0 Å². The molecule has 106 valence electrons. The van der Waals surface area contributed by atoms with Gasteiger partial charge in [-0.15, -0.1) is 0 Å². The summed E-state index contributed by atoms with van der Waals surface area (Å²) < 4.78 is 5.44. The third-order valence-electron chi connectivity index (χ3n) is 3.47. The van der Waals surface area contributed by atoms with Gasteiger partial charge in [0.1, 0.15) is 6.26 Å². The number of unbranched alkanes of at least 4 members (excludes halogenated alkanes) is 2. The molecule has 0 spiro atoms. The van der Waals surface area contributed by atoms with E-state index in [2.05, 4.69) is 22.5 Å². The quantitative estimate of drug-likeness (QED) is 0.773. The molecular weight excluding hydrogens is 242 g/mol. The van der Waals surface area contributed by atoms with Crippen LogP contribution in [0, 0.1) is 0 Å². The normalized spacial score (nSPS) is 19.3. The van der Waals surface area contributed by atoms with E-state index >= 15 is 0 Å². The van der Waals surface area contributed by atoms with Crippen LogP contribution in [0.1, 0.15) is 61.3 Å². The number of nitrogens with zero attached hydrogens (tertiary/aromatic N) is 1. The Bertz CT molecular complexity index is 397. The average Bonchev–Trinajstić information content (AvgIpc) is 2.94. The molecule has 0 radical (unpaired) electrons. The van der Waals surface area contributed by atoms with Crippen molar-refractivity contribution in [2.45, 2.75) is 44.9 Å². The average molecular weight is 265 g/mol. The van der Waals surface area contributed by atoms with Gasteiger partial charge in [-0.05, 0) is 25.8 Å². The van der Waals surface area contributed by atoms with Crippen LogP contribution in [-0.2, 0) is 0 Å². The zero-order valence-corrected chi connectivity index (χ0v) is 11.6. The Labute approximate surface area is 114 Å². The van der Waals surface area contributed by atoms with Gasteiger partial charge in [-0.2, -0.15) is 0 Å². The summed E-state index contributed by atoms with van der Waals surface area (Å²) in [6, 6.07) is 0. The Balaban J connectivity index is 1.83. The van der Waals surface area contributed by atoms with E-state index in [4.69, 9.17) is 4.42 Å². The van der Waals surface area contributed by atoms with Crippen molar-refractivity contribution in [2.75, 3.05) is 19.6 Å². The van der Waals surface area contributed by atoms with Crippen molar-refractivity contribution in [1.82, 2.24) is 15.6 Å². The van der Waals surface area contributed by atoms with E-state index in [-0.39, 0.29) is 5.91 Å². The van der Waals surface area contributed by atoms with Gasteiger partial charge in [-0.1, -0.05) is 19.8 Å². The molecule has 1 amide bonds. The topological polar surface area (TPSA) is 67.2 Å². The second-order valence-corrected chi connectivity index (χ2v) is 5.08. The monoisotopic (exact) mass is 265 g/mol. The van der Waals surface area contributed by atoms with E-state index in [0.29, 0.717) is 24.0 Å². The number of hydrogen-bond donors (Lipinski definition) is 2. The maximum atomic E-state index is 11.9. The Morgan fingerprint density at radius 2 is 2.47 bits per heavy atom. The molecule has 0 saturated carbocycles. The lowest BCUT2D eigenvalue weighted by Crippen LogP contribution is -2.29. The molecule has 5 nitrogen and oxygen atoms in total. The van der Waals surface area contributed by atoms with Crippen LogP contribution in [-0.4, -0.2) is 30.5 Å². The molecule has 1 aliphatic rings. The van der Waals surface area contributed by atoms with Crippen LogP contribution in [0.5, 0.6) is 0 Å². The molecule has 1 saturated heterocycles. The molecule has 1 aromatic heterocycles. The molecule has 19 heavy (non-hydrogen) atoms. The lowest BCUT2D eigenvalue weighted by atomic mass is 10.00. The number of nitrogens with one attached hydrogen (secondary N) is 2. The van der Waals surface area contributed by atoms with Crippen molar-refractivity contribution < 1.29 is 9.21 Å².